The second-order valence-electron chi connectivity index (χ2n) is 9.87. The zero-order chi connectivity index (χ0) is 32.4. The van der Waals surface area contributed by atoms with Crippen molar-refractivity contribution in [2.75, 3.05) is 19.8 Å². The lowest BCUT2D eigenvalue weighted by molar-refractivity contribution is -0.138. The third-order valence-corrected chi connectivity index (χ3v) is 6.32. The van der Waals surface area contributed by atoms with Gasteiger partial charge in [-0.15, -0.1) is 5.11 Å². The number of carbonyl (C=O) groups is 1. The van der Waals surface area contributed by atoms with Crippen molar-refractivity contribution in [2.45, 2.75) is 32.6 Å². The Morgan fingerprint density at radius 2 is 1.11 bits per heavy atom. The maximum atomic E-state index is 14.7. The molecule has 0 heterocycles. The van der Waals surface area contributed by atoms with E-state index >= 15 is 0 Å². The first-order valence-electron chi connectivity index (χ1n) is 14.9. The van der Waals surface area contributed by atoms with Crippen molar-refractivity contribution in [2.24, 2.45) is 30.7 Å². The molecule has 0 aliphatic rings. The van der Waals surface area contributed by atoms with Gasteiger partial charge in [-0.05, 0) is 91.3 Å². The van der Waals surface area contributed by atoms with Crippen LogP contribution in [0.5, 0.6) is 11.5 Å². The summed E-state index contributed by atoms with van der Waals surface area (Å²) in [5.41, 5.74) is 2.83. The molecule has 10 nitrogen and oxygen atoms in total. The summed E-state index contributed by atoms with van der Waals surface area (Å²) >= 11 is 0. The molecule has 0 atom stereocenters. The Balaban J connectivity index is 1.24. The Hall–Kier alpha value is -5.58. The number of azo groups is 3. The normalized spacial score (nSPS) is 11.3. The Labute approximate surface area is 267 Å². The van der Waals surface area contributed by atoms with Gasteiger partial charge in [0.05, 0.1) is 35.0 Å². The van der Waals surface area contributed by atoms with Gasteiger partial charge in [0.25, 0.3) is 0 Å². The average Bonchev–Trinajstić information content (AvgIpc) is 3.09. The molecule has 0 aromatic heterocycles. The molecular weight excluding hydrogens is 587 g/mol. The van der Waals surface area contributed by atoms with E-state index < -0.39 is 11.8 Å². The molecule has 4 aromatic rings. The minimum absolute atomic E-state index is 0.0661. The maximum Gasteiger partial charge on any atom is 0.330 e. The fourth-order valence-corrected chi connectivity index (χ4v) is 3.87. The standard InChI is InChI=1S/C35H35FN6O4/c1-3-5-6-7-22-44-31-17-12-28(13-18-31)38-37-26-8-10-27(11-9-26)40-42-34-21-16-30(25-33(34)36)41-39-29-14-19-32(20-15-29)45-23-24-46-35(43)4-2/h4,8-21,25H,2-3,5-7,22-24H2,1H3/b38-37+,41-39+,42-40+. The minimum atomic E-state index is -0.584. The molecular formula is C35H35FN6O4. The molecule has 0 spiro atoms. The summed E-state index contributed by atoms with van der Waals surface area (Å²) < 4.78 is 30.8. The number of rotatable bonds is 17. The van der Waals surface area contributed by atoms with Crippen molar-refractivity contribution >= 4 is 40.1 Å². The van der Waals surface area contributed by atoms with E-state index in [1.807, 2.05) is 24.3 Å². The highest BCUT2D eigenvalue weighted by molar-refractivity contribution is 5.81. The summed E-state index contributed by atoms with van der Waals surface area (Å²) in [6, 6.07) is 25.6. The number of esters is 1. The number of hydrogen-bond donors (Lipinski definition) is 0. The van der Waals surface area contributed by atoms with E-state index in [0.717, 1.165) is 18.2 Å². The topological polar surface area (TPSA) is 119 Å². The zero-order valence-electron chi connectivity index (χ0n) is 25.6. The molecule has 0 saturated heterocycles. The highest BCUT2D eigenvalue weighted by Gasteiger charge is 2.04. The van der Waals surface area contributed by atoms with Crippen LogP contribution < -0.4 is 9.47 Å². The quantitative estimate of drug-likeness (QED) is 0.0503. The summed E-state index contributed by atoms with van der Waals surface area (Å²) in [5, 5.41) is 24.9. The van der Waals surface area contributed by atoms with Crippen LogP contribution in [-0.4, -0.2) is 25.8 Å². The molecule has 46 heavy (non-hydrogen) atoms. The SMILES string of the molecule is C=CC(=O)OCCOc1ccc(/N=N/c2ccc(/N=N/c3ccc(/N=N/c4ccc(OCCCCCC)cc4)cc3)c(F)c2)cc1. The highest BCUT2D eigenvalue weighted by atomic mass is 19.1. The van der Waals surface area contributed by atoms with Crippen molar-refractivity contribution in [3.8, 4) is 11.5 Å². The van der Waals surface area contributed by atoms with E-state index in [2.05, 4.69) is 44.2 Å². The number of hydrogen-bond acceptors (Lipinski definition) is 10. The Morgan fingerprint density at radius 1 is 0.630 bits per heavy atom. The van der Waals surface area contributed by atoms with E-state index in [4.69, 9.17) is 14.2 Å². The van der Waals surface area contributed by atoms with Crippen molar-refractivity contribution < 1.29 is 23.4 Å². The van der Waals surface area contributed by atoms with Crippen LogP contribution in [0, 0.1) is 5.82 Å². The summed E-state index contributed by atoms with van der Waals surface area (Å²) in [6.45, 7) is 6.54. The number of halogens is 1. The van der Waals surface area contributed by atoms with Gasteiger partial charge in [-0.25, -0.2) is 9.18 Å². The van der Waals surface area contributed by atoms with Gasteiger partial charge in [-0.1, -0.05) is 32.8 Å². The van der Waals surface area contributed by atoms with Crippen LogP contribution in [0.3, 0.4) is 0 Å². The third kappa shape index (κ3) is 11.5. The average molecular weight is 623 g/mol. The third-order valence-electron chi connectivity index (χ3n) is 6.32. The highest BCUT2D eigenvalue weighted by Crippen LogP contribution is 2.28. The number of ether oxygens (including phenoxy) is 3. The number of carbonyl (C=O) groups excluding carboxylic acids is 1. The van der Waals surface area contributed by atoms with Crippen molar-refractivity contribution in [3.63, 3.8) is 0 Å². The maximum absolute atomic E-state index is 14.7. The van der Waals surface area contributed by atoms with Gasteiger partial charge in [0.15, 0.2) is 5.82 Å². The van der Waals surface area contributed by atoms with E-state index in [-0.39, 0.29) is 18.9 Å². The molecule has 11 heteroatoms. The second-order valence-corrected chi connectivity index (χ2v) is 9.87. The van der Waals surface area contributed by atoms with E-state index in [1.165, 1.54) is 31.4 Å². The van der Waals surface area contributed by atoms with Gasteiger partial charge in [-0.3, -0.25) is 0 Å². The fourth-order valence-electron chi connectivity index (χ4n) is 3.87. The summed E-state index contributed by atoms with van der Waals surface area (Å²) in [5.74, 6) is 0.306. The lowest BCUT2D eigenvalue weighted by Gasteiger charge is -2.06. The number of unbranched alkanes of at least 4 members (excludes halogenated alkanes) is 3. The van der Waals surface area contributed by atoms with E-state index in [1.54, 1.807) is 54.6 Å². The molecule has 0 fully saturated rings. The summed E-state index contributed by atoms with van der Waals surface area (Å²) in [6.07, 6.45) is 5.75. The van der Waals surface area contributed by atoms with Gasteiger partial charge in [0.2, 0.25) is 0 Å². The minimum Gasteiger partial charge on any atom is -0.494 e. The molecule has 0 bridgehead atoms. The van der Waals surface area contributed by atoms with Gasteiger partial charge in [0, 0.05) is 12.1 Å². The van der Waals surface area contributed by atoms with Crippen LogP contribution >= 0.6 is 0 Å². The molecule has 0 unspecified atom stereocenters. The smallest absolute Gasteiger partial charge is 0.330 e. The Kier molecular flexibility index (Phi) is 13.2. The van der Waals surface area contributed by atoms with Crippen molar-refractivity contribution in [3.05, 3.63) is 109 Å². The summed E-state index contributed by atoms with van der Waals surface area (Å²) in [7, 11) is 0. The lowest BCUT2D eigenvalue weighted by atomic mass is 10.2. The lowest BCUT2D eigenvalue weighted by Crippen LogP contribution is -2.09. The van der Waals surface area contributed by atoms with E-state index in [9.17, 15) is 9.18 Å². The monoisotopic (exact) mass is 622 g/mol. The largest absolute Gasteiger partial charge is 0.494 e. The van der Waals surface area contributed by atoms with Crippen molar-refractivity contribution in [1.29, 1.82) is 0 Å². The van der Waals surface area contributed by atoms with Gasteiger partial charge >= 0.3 is 5.97 Å². The summed E-state index contributed by atoms with van der Waals surface area (Å²) in [4.78, 5) is 11.0. The fraction of sp³-hybridized carbons (Fsp3) is 0.229. The predicted molar refractivity (Wildman–Crippen MR) is 175 cm³/mol. The van der Waals surface area contributed by atoms with E-state index in [0.29, 0.717) is 40.8 Å². The van der Waals surface area contributed by atoms with Crippen LogP contribution in [0.25, 0.3) is 0 Å². The van der Waals surface area contributed by atoms with Crippen LogP contribution in [0.1, 0.15) is 32.6 Å². The number of benzene rings is 4. The molecule has 0 amide bonds. The van der Waals surface area contributed by atoms with Gasteiger partial charge in [0.1, 0.15) is 30.4 Å². The first-order valence-corrected chi connectivity index (χ1v) is 14.9. The molecule has 236 valence electrons. The predicted octanol–water partition coefficient (Wildman–Crippen LogP) is 11.1. The van der Waals surface area contributed by atoms with Gasteiger partial charge in [-0.2, -0.15) is 25.6 Å². The number of nitrogens with zero attached hydrogens (tertiary/aromatic N) is 6. The molecule has 4 aromatic carbocycles. The molecule has 4 rings (SSSR count). The first kappa shape index (κ1) is 33.3. The van der Waals surface area contributed by atoms with Crippen LogP contribution in [0.2, 0.25) is 0 Å². The van der Waals surface area contributed by atoms with Crippen LogP contribution in [-0.2, 0) is 9.53 Å². The second kappa shape index (κ2) is 18.3. The molecule has 0 aliphatic heterocycles. The Bertz CT molecular complexity index is 1640. The molecule has 0 radical (unpaired) electrons. The van der Waals surface area contributed by atoms with Crippen LogP contribution in [0.4, 0.5) is 38.5 Å². The van der Waals surface area contributed by atoms with Crippen molar-refractivity contribution in [1.82, 2.24) is 0 Å². The van der Waals surface area contributed by atoms with Crippen LogP contribution in [0.15, 0.2) is 134 Å². The molecule has 0 N–H and O–H groups in total. The molecule has 0 aliphatic carbocycles. The zero-order valence-corrected chi connectivity index (χ0v) is 25.6. The van der Waals surface area contributed by atoms with Gasteiger partial charge < -0.3 is 14.2 Å². The first-order chi connectivity index (χ1) is 22.5. The molecule has 0 saturated carbocycles. The Morgan fingerprint density at radius 3 is 1.63 bits per heavy atom.